The minimum atomic E-state index is -0.447. The van der Waals surface area contributed by atoms with E-state index in [1.807, 2.05) is 11.8 Å². The lowest BCUT2D eigenvalue weighted by Crippen LogP contribution is -2.45. The standard InChI is InChI=1S/C32H55N5O8S/c1-24-23-46-26(32(24)35-25(2)38)11-5-6-12-27(39)34-18-10-20-45-22-21-44-19-8-4-3-7-17-33-28(40)13-9-14-29(41)36-37-30(42)15-16-31(37)43/h24,26,32H,3-23H2,1-2H3,(H,33,40)(H,34,39)(H,35,38)(H,36,41). The van der Waals surface area contributed by atoms with Crippen LogP contribution in [0, 0.1) is 5.92 Å². The van der Waals surface area contributed by atoms with Crippen LogP contribution in [0.5, 0.6) is 0 Å². The number of hydrogen-bond donors (Lipinski definition) is 4. The number of amides is 6. The van der Waals surface area contributed by atoms with E-state index in [1.165, 1.54) is 0 Å². The Hall–Kier alpha value is -2.71. The number of carbonyl (C=O) groups is 6. The van der Waals surface area contributed by atoms with Gasteiger partial charge >= 0.3 is 0 Å². The molecule has 14 heteroatoms. The van der Waals surface area contributed by atoms with Crippen molar-refractivity contribution in [2.24, 2.45) is 5.92 Å². The Morgan fingerprint density at radius 2 is 1.33 bits per heavy atom. The molecule has 0 aromatic carbocycles. The molecule has 0 bridgehead atoms. The van der Waals surface area contributed by atoms with Crippen molar-refractivity contribution in [3.05, 3.63) is 0 Å². The molecule has 0 aromatic rings. The first-order valence-electron chi connectivity index (χ1n) is 16.9. The molecule has 2 aliphatic rings. The highest BCUT2D eigenvalue weighted by Gasteiger charge is 2.34. The molecule has 2 fully saturated rings. The van der Waals surface area contributed by atoms with Crippen LogP contribution in [0.15, 0.2) is 0 Å². The molecule has 13 nitrogen and oxygen atoms in total. The van der Waals surface area contributed by atoms with Crippen molar-refractivity contribution >= 4 is 47.2 Å². The van der Waals surface area contributed by atoms with Gasteiger partial charge in [0.15, 0.2) is 0 Å². The monoisotopic (exact) mass is 669 g/mol. The lowest BCUT2D eigenvalue weighted by Gasteiger charge is -2.22. The molecule has 262 valence electrons. The Morgan fingerprint density at radius 1 is 0.739 bits per heavy atom. The van der Waals surface area contributed by atoms with Gasteiger partial charge in [0.25, 0.3) is 0 Å². The second-order valence-corrected chi connectivity index (χ2v) is 13.3. The SMILES string of the molecule is CC(=O)NC1C(C)CSC1CCCCC(=O)NCCCOCCOCCCCCCNC(=O)CCCC(=O)NN1C(=O)CCC1=O. The first-order chi connectivity index (χ1) is 22.2. The molecule has 0 aliphatic carbocycles. The number of nitrogens with one attached hydrogen (secondary N) is 4. The Bertz CT molecular complexity index is 968. The summed E-state index contributed by atoms with van der Waals surface area (Å²) < 4.78 is 11.2. The molecule has 3 unspecified atom stereocenters. The molecule has 2 aliphatic heterocycles. The molecule has 0 saturated carbocycles. The molecule has 0 spiro atoms. The summed E-state index contributed by atoms with van der Waals surface area (Å²) >= 11 is 1.93. The Kier molecular flexibility index (Phi) is 20.2. The van der Waals surface area contributed by atoms with E-state index in [-0.39, 0.29) is 49.4 Å². The van der Waals surface area contributed by atoms with Crippen molar-refractivity contribution in [1.29, 1.82) is 0 Å². The maximum atomic E-state index is 12.1. The van der Waals surface area contributed by atoms with Crippen molar-refractivity contribution in [1.82, 2.24) is 26.4 Å². The number of hydrogen-bond acceptors (Lipinski definition) is 9. The average Bonchev–Trinajstić information content (AvgIpc) is 3.52. The largest absolute Gasteiger partial charge is 0.379 e. The molecule has 2 saturated heterocycles. The summed E-state index contributed by atoms with van der Waals surface area (Å²) in [5, 5.41) is 10.1. The summed E-state index contributed by atoms with van der Waals surface area (Å²) in [6.07, 6.45) is 8.77. The second kappa shape index (κ2) is 23.6. The lowest BCUT2D eigenvalue weighted by atomic mass is 9.97. The number of hydrazine groups is 1. The fraction of sp³-hybridized carbons (Fsp3) is 0.812. The second-order valence-electron chi connectivity index (χ2n) is 12.0. The zero-order valence-corrected chi connectivity index (χ0v) is 28.5. The Morgan fingerprint density at radius 3 is 2.00 bits per heavy atom. The quantitative estimate of drug-likeness (QED) is 0.0841. The van der Waals surface area contributed by atoms with Gasteiger partial charge < -0.3 is 25.4 Å². The Balaban J connectivity index is 1.28. The van der Waals surface area contributed by atoms with Gasteiger partial charge in [-0.1, -0.05) is 26.2 Å². The van der Waals surface area contributed by atoms with E-state index in [4.69, 9.17) is 9.47 Å². The predicted molar refractivity (Wildman–Crippen MR) is 175 cm³/mol. The van der Waals surface area contributed by atoms with E-state index >= 15 is 0 Å². The van der Waals surface area contributed by atoms with Crippen LogP contribution in [-0.4, -0.2) is 97.0 Å². The number of thioether (sulfide) groups is 1. The summed E-state index contributed by atoms with van der Waals surface area (Å²) in [5.41, 5.74) is 2.30. The van der Waals surface area contributed by atoms with Crippen molar-refractivity contribution in [3.63, 3.8) is 0 Å². The fourth-order valence-electron chi connectivity index (χ4n) is 5.32. The summed E-state index contributed by atoms with van der Waals surface area (Å²) in [6.45, 7) is 7.23. The minimum Gasteiger partial charge on any atom is -0.379 e. The van der Waals surface area contributed by atoms with E-state index in [1.54, 1.807) is 6.92 Å². The van der Waals surface area contributed by atoms with Gasteiger partial charge in [-0.15, -0.1) is 0 Å². The molecule has 3 atom stereocenters. The van der Waals surface area contributed by atoms with Crippen molar-refractivity contribution in [2.75, 3.05) is 45.3 Å². The highest BCUT2D eigenvalue weighted by molar-refractivity contribution is 8.00. The number of unbranched alkanes of at least 4 members (excludes halogenated alkanes) is 4. The molecule has 0 radical (unpaired) electrons. The molecule has 2 rings (SSSR count). The van der Waals surface area contributed by atoms with Crippen LogP contribution in [-0.2, 0) is 38.2 Å². The smallest absolute Gasteiger partial charge is 0.248 e. The number of nitrogens with zero attached hydrogens (tertiary/aromatic N) is 1. The van der Waals surface area contributed by atoms with Crippen LogP contribution >= 0.6 is 11.8 Å². The van der Waals surface area contributed by atoms with Crippen LogP contribution in [0.3, 0.4) is 0 Å². The van der Waals surface area contributed by atoms with Gasteiger partial charge in [-0.05, 0) is 50.2 Å². The first-order valence-corrected chi connectivity index (χ1v) is 17.9. The summed E-state index contributed by atoms with van der Waals surface area (Å²) in [6, 6.07) is 0.236. The maximum absolute atomic E-state index is 12.1. The molecular formula is C32H55N5O8S. The normalized spacial score (nSPS) is 19.3. The minimum absolute atomic E-state index is 0.0290. The topological polar surface area (TPSA) is 172 Å². The first kappa shape index (κ1) is 39.5. The van der Waals surface area contributed by atoms with E-state index in [0.717, 1.165) is 62.1 Å². The molecule has 6 amide bonds. The highest BCUT2D eigenvalue weighted by atomic mass is 32.2. The van der Waals surface area contributed by atoms with Gasteiger partial charge in [0.1, 0.15) is 0 Å². The number of rotatable bonds is 25. The van der Waals surface area contributed by atoms with Crippen LogP contribution in [0.1, 0.15) is 104 Å². The molecular weight excluding hydrogens is 614 g/mol. The Labute approximate surface area is 277 Å². The van der Waals surface area contributed by atoms with Crippen molar-refractivity contribution in [2.45, 2.75) is 115 Å². The van der Waals surface area contributed by atoms with Gasteiger partial charge in [-0.2, -0.15) is 16.8 Å². The summed E-state index contributed by atoms with van der Waals surface area (Å²) in [4.78, 5) is 70.3. The van der Waals surface area contributed by atoms with Crippen molar-refractivity contribution < 1.29 is 38.2 Å². The third-order valence-corrected chi connectivity index (χ3v) is 9.57. The van der Waals surface area contributed by atoms with Crippen LogP contribution in [0.4, 0.5) is 0 Å². The number of carbonyl (C=O) groups excluding carboxylic acids is 6. The number of ether oxygens (including phenoxy) is 2. The highest BCUT2D eigenvalue weighted by Crippen LogP contribution is 2.34. The van der Waals surface area contributed by atoms with Crippen LogP contribution in [0.2, 0.25) is 0 Å². The van der Waals surface area contributed by atoms with Gasteiger partial charge in [0.05, 0.1) is 13.2 Å². The maximum Gasteiger partial charge on any atom is 0.248 e. The molecule has 2 heterocycles. The van der Waals surface area contributed by atoms with Crippen LogP contribution < -0.4 is 21.4 Å². The van der Waals surface area contributed by atoms with Gasteiger partial charge in [0.2, 0.25) is 35.4 Å². The van der Waals surface area contributed by atoms with Crippen molar-refractivity contribution in [3.8, 4) is 0 Å². The molecule has 0 aromatic heterocycles. The third-order valence-electron chi connectivity index (χ3n) is 7.89. The average molecular weight is 670 g/mol. The van der Waals surface area contributed by atoms with Gasteiger partial charge in [0, 0.05) is 76.6 Å². The summed E-state index contributed by atoms with van der Waals surface area (Å²) in [7, 11) is 0. The lowest BCUT2D eigenvalue weighted by molar-refractivity contribution is -0.148. The van der Waals surface area contributed by atoms with Crippen LogP contribution in [0.25, 0.3) is 0 Å². The van der Waals surface area contributed by atoms with E-state index in [2.05, 4.69) is 28.3 Å². The van der Waals surface area contributed by atoms with E-state index in [9.17, 15) is 28.8 Å². The van der Waals surface area contributed by atoms with Gasteiger partial charge in [-0.3, -0.25) is 34.2 Å². The van der Waals surface area contributed by atoms with E-state index in [0.29, 0.717) is 63.5 Å². The third kappa shape index (κ3) is 17.3. The zero-order chi connectivity index (χ0) is 33.6. The molecule has 4 N–H and O–H groups in total. The fourth-order valence-corrected chi connectivity index (χ4v) is 6.95. The summed E-state index contributed by atoms with van der Waals surface area (Å²) in [5.74, 6) is 0.279. The van der Waals surface area contributed by atoms with Gasteiger partial charge in [-0.25, -0.2) is 0 Å². The molecule has 46 heavy (non-hydrogen) atoms. The zero-order valence-electron chi connectivity index (χ0n) is 27.7. The number of imide groups is 1. The predicted octanol–water partition coefficient (Wildman–Crippen LogP) is 2.37. The van der Waals surface area contributed by atoms with E-state index < -0.39 is 17.7 Å².